The van der Waals surface area contributed by atoms with Gasteiger partial charge < -0.3 is 10.2 Å². The number of carbonyl (C=O) groups excluding carboxylic acids is 2. The van der Waals surface area contributed by atoms with Crippen molar-refractivity contribution in [1.82, 2.24) is 10.2 Å². The van der Waals surface area contributed by atoms with Crippen molar-refractivity contribution in [2.45, 2.75) is 30.8 Å². The fourth-order valence-electron chi connectivity index (χ4n) is 4.48. The molecule has 1 atom stereocenters. The van der Waals surface area contributed by atoms with Gasteiger partial charge in [-0.3, -0.25) is 13.9 Å². The summed E-state index contributed by atoms with van der Waals surface area (Å²) in [6.07, 6.45) is 0.264. The lowest BCUT2D eigenvalue weighted by Gasteiger charge is -2.33. The average molecular weight is 590 g/mol. The van der Waals surface area contributed by atoms with E-state index in [0.717, 1.165) is 15.4 Å². The van der Waals surface area contributed by atoms with Crippen LogP contribution >= 0.6 is 11.6 Å². The minimum Gasteiger partial charge on any atom is -0.355 e. The molecule has 1 N–H and O–H groups in total. The van der Waals surface area contributed by atoms with E-state index in [2.05, 4.69) is 5.32 Å². The lowest BCUT2D eigenvalue weighted by molar-refractivity contribution is -0.140. The molecule has 4 rings (SSSR count). The Kier molecular flexibility index (Phi) is 10.2. The number of nitrogens with zero attached hydrogens (tertiary/aromatic N) is 2. The van der Waals surface area contributed by atoms with Crippen LogP contribution in [0.15, 0.2) is 120 Å². The van der Waals surface area contributed by atoms with Crippen LogP contribution in [0.3, 0.4) is 0 Å². The summed E-state index contributed by atoms with van der Waals surface area (Å²) >= 11 is 6.01. The van der Waals surface area contributed by atoms with E-state index in [9.17, 15) is 18.0 Å². The van der Waals surface area contributed by atoms with Gasteiger partial charge in [-0.2, -0.15) is 0 Å². The Balaban J connectivity index is 1.76. The molecule has 0 aromatic heterocycles. The van der Waals surface area contributed by atoms with Crippen molar-refractivity contribution < 1.29 is 18.0 Å². The van der Waals surface area contributed by atoms with E-state index in [-0.39, 0.29) is 23.8 Å². The number of benzene rings is 4. The van der Waals surface area contributed by atoms with E-state index < -0.39 is 28.5 Å². The normalized spacial score (nSPS) is 11.9. The van der Waals surface area contributed by atoms with Crippen LogP contribution in [0.1, 0.15) is 18.1 Å². The van der Waals surface area contributed by atoms with Crippen molar-refractivity contribution in [3.05, 3.63) is 131 Å². The number of halogens is 1. The van der Waals surface area contributed by atoms with Gasteiger partial charge in [-0.25, -0.2) is 8.42 Å². The number of hydrogen-bond donors (Lipinski definition) is 1. The number of carbonyl (C=O) groups is 2. The number of anilines is 1. The summed E-state index contributed by atoms with van der Waals surface area (Å²) in [5, 5.41) is 3.25. The zero-order valence-electron chi connectivity index (χ0n) is 22.7. The fraction of sp³-hybridized carbons (Fsp3) is 0.188. The predicted octanol–water partition coefficient (Wildman–Crippen LogP) is 5.31. The van der Waals surface area contributed by atoms with Gasteiger partial charge in [0.05, 0.1) is 10.6 Å². The van der Waals surface area contributed by atoms with Gasteiger partial charge >= 0.3 is 0 Å². The third-order valence-corrected chi connectivity index (χ3v) is 8.58. The van der Waals surface area contributed by atoms with Crippen LogP contribution in [0.25, 0.3) is 0 Å². The highest BCUT2D eigenvalue weighted by Gasteiger charge is 2.34. The van der Waals surface area contributed by atoms with Crippen molar-refractivity contribution in [2.75, 3.05) is 17.4 Å². The largest absolute Gasteiger partial charge is 0.355 e. The van der Waals surface area contributed by atoms with Crippen LogP contribution < -0.4 is 9.62 Å². The van der Waals surface area contributed by atoms with E-state index in [4.69, 9.17) is 11.6 Å². The quantitative estimate of drug-likeness (QED) is 0.243. The molecule has 0 aliphatic rings. The molecular formula is C32H32ClN3O4S. The van der Waals surface area contributed by atoms with E-state index in [1.165, 1.54) is 29.2 Å². The zero-order valence-corrected chi connectivity index (χ0v) is 24.3. The Labute approximate surface area is 246 Å². The van der Waals surface area contributed by atoms with Gasteiger partial charge in [0.15, 0.2) is 0 Å². The molecule has 41 heavy (non-hydrogen) atoms. The van der Waals surface area contributed by atoms with Crippen molar-refractivity contribution in [3.8, 4) is 0 Å². The highest BCUT2D eigenvalue weighted by atomic mass is 35.5. The smallest absolute Gasteiger partial charge is 0.264 e. The Morgan fingerprint density at radius 3 is 1.88 bits per heavy atom. The molecule has 7 nitrogen and oxygen atoms in total. The molecule has 0 aliphatic carbocycles. The SMILES string of the molecule is CCNC(=O)[C@H](Cc1ccccc1)N(Cc1ccccc1)C(=O)CN(c1ccccc1)S(=O)(=O)c1ccc(Cl)cc1. The third kappa shape index (κ3) is 7.74. The van der Waals surface area contributed by atoms with Crippen molar-refractivity contribution >= 4 is 39.1 Å². The molecule has 0 heterocycles. The Morgan fingerprint density at radius 1 is 0.780 bits per heavy atom. The Hall–Kier alpha value is -4.14. The molecular weight excluding hydrogens is 558 g/mol. The highest BCUT2D eigenvalue weighted by molar-refractivity contribution is 7.92. The fourth-order valence-corrected chi connectivity index (χ4v) is 6.02. The lowest BCUT2D eigenvalue weighted by Crippen LogP contribution is -2.53. The molecule has 0 aliphatic heterocycles. The molecule has 0 unspecified atom stereocenters. The van der Waals surface area contributed by atoms with E-state index in [1.54, 1.807) is 30.3 Å². The second kappa shape index (κ2) is 14.0. The third-order valence-electron chi connectivity index (χ3n) is 6.54. The summed E-state index contributed by atoms with van der Waals surface area (Å²) in [6, 6.07) is 32.2. The molecule has 212 valence electrons. The summed E-state index contributed by atoms with van der Waals surface area (Å²) in [4.78, 5) is 29.1. The van der Waals surface area contributed by atoms with Crippen LogP contribution in [0, 0.1) is 0 Å². The van der Waals surface area contributed by atoms with Gasteiger partial charge in [0.25, 0.3) is 10.0 Å². The monoisotopic (exact) mass is 589 g/mol. The Bertz CT molecular complexity index is 1530. The van der Waals surface area contributed by atoms with Crippen LogP contribution in [0.5, 0.6) is 0 Å². The molecule has 0 bridgehead atoms. The van der Waals surface area contributed by atoms with E-state index in [1.807, 2.05) is 67.6 Å². The number of amides is 2. The van der Waals surface area contributed by atoms with Crippen molar-refractivity contribution in [1.29, 1.82) is 0 Å². The van der Waals surface area contributed by atoms with E-state index in [0.29, 0.717) is 17.3 Å². The highest BCUT2D eigenvalue weighted by Crippen LogP contribution is 2.26. The van der Waals surface area contributed by atoms with Gasteiger partial charge in [-0.05, 0) is 54.4 Å². The topological polar surface area (TPSA) is 86.8 Å². The number of hydrogen-bond acceptors (Lipinski definition) is 4. The molecule has 4 aromatic rings. The number of para-hydroxylation sites is 1. The van der Waals surface area contributed by atoms with Gasteiger partial charge in [0.2, 0.25) is 11.8 Å². The molecule has 2 amide bonds. The standard InChI is InChI=1S/C32H32ClN3O4S/c1-2-34-32(38)30(22-25-12-6-3-7-13-25)35(23-26-14-8-4-9-15-26)31(37)24-36(28-16-10-5-11-17-28)41(39,40)29-20-18-27(33)19-21-29/h3-21,30H,2,22-24H2,1H3,(H,34,38)/t30-/m0/s1. The summed E-state index contributed by atoms with van der Waals surface area (Å²) in [6.45, 7) is 1.82. The zero-order chi connectivity index (χ0) is 29.2. The average Bonchev–Trinajstić information content (AvgIpc) is 2.99. The molecule has 0 fully saturated rings. The number of sulfonamides is 1. The van der Waals surface area contributed by atoms with Crippen LogP contribution in [0.2, 0.25) is 5.02 Å². The number of rotatable bonds is 12. The minimum atomic E-state index is -4.16. The van der Waals surface area contributed by atoms with Gasteiger partial charge in [0, 0.05) is 24.5 Å². The van der Waals surface area contributed by atoms with Crippen LogP contribution in [-0.2, 0) is 32.6 Å². The predicted molar refractivity (Wildman–Crippen MR) is 162 cm³/mol. The van der Waals surface area contributed by atoms with Gasteiger partial charge in [0.1, 0.15) is 12.6 Å². The maximum absolute atomic E-state index is 14.2. The maximum atomic E-state index is 14.2. The van der Waals surface area contributed by atoms with Gasteiger partial charge in [-0.15, -0.1) is 0 Å². The summed E-state index contributed by atoms with van der Waals surface area (Å²) in [7, 11) is -4.16. The van der Waals surface area contributed by atoms with Crippen LogP contribution in [-0.4, -0.2) is 44.3 Å². The first-order chi connectivity index (χ1) is 19.8. The lowest BCUT2D eigenvalue weighted by atomic mass is 10.0. The Morgan fingerprint density at radius 2 is 1.32 bits per heavy atom. The molecule has 9 heteroatoms. The number of nitrogens with one attached hydrogen (secondary N) is 1. The first kappa shape index (κ1) is 29.8. The molecule has 4 aromatic carbocycles. The second-order valence-electron chi connectivity index (χ2n) is 9.41. The molecule has 0 spiro atoms. The van der Waals surface area contributed by atoms with E-state index >= 15 is 0 Å². The van der Waals surface area contributed by atoms with Crippen molar-refractivity contribution in [3.63, 3.8) is 0 Å². The molecule has 0 radical (unpaired) electrons. The van der Waals surface area contributed by atoms with Gasteiger partial charge in [-0.1, -0.05) is 90.5 Å². The summed E-state index contributed by atoms with van der Waals surface area (Å²) in [5.74, 6) is -0.824. The minimum absolute atomic E-state index is 0.00211. The van der Waals surface area contributed by atoms with Crippen molar-refractivity contribution in [2.24, 2.45) is 0 Å². The molecule has 0 saturated carbocycles. The second-order valence-corrected chi connectivity index (χ2v) is 11.7. The number of likely N-dealkylation sites (N-methyl/N-ethyl adjacent to an activating group) is 1. The first-order valence-corrected chi connectivity index (χ1v) is 15.1. The first-order valence-electron chi connectivity index (χ1n) is 13.3. The van der Waals surface area contributed by atoms with Crippen LogP contribution in [0.4, 0.5) is 5.69 Å². The summed E-state index contributed by atoms with van der Waals surface area (Å²) in [5.41, 5.74) is 2.02. The summed E-state index contributed by atoms with van der Waals surface area (Å²) < 4.78 is 28.9. The maximum Gasteiger partial charge on any atom is 0.264 e. The molecule has 0 saturated heterocycles.